The van der Waals surface area contributed by atoms with Crippen molar-refractivity contribution in [1.29, 1.82) is 0 Å². The molecule has 0 spiro atoms. The largest absolute Gasteiger partial charge is 0.341 e. The average molecular weight is 300 g/mol. The van der Waals surface area contributed by atoms with Gasteiger partial charge in [0.05, 0.1) is 10.5 Å². The minimum Gasteiger partial charge on any atom is -0.341 e. The van der Waals surface area contributed by atoms with Gasteiger partial charge in [0.1, 0.15) is 11.0 Å². The number of halogens is 2. The molecule has 2 aromatic heterocycles. The Morgan fingerprint density at radius 2 is 1.95 bits per heavy atom. The van der Waals surface area contributed by atoms with Gasteiger partial charge in [-0.25, -0.2) is 9.97 Å². The van der Waals surface area contributed by atoms with Gasteiger partial charge in [0.25, 0.3) is 0 Å². The van der Waals surface area contributed by atoms with Crippen molar-refractivity contribution in [2.75, 3.05) is 0 Å². The standard InChI is InChI=1S/C14H19Cl2N3/c1-8(7-14(2,3)4)5-11-17-10-6-9(15)12(16)19-13(10)18-11/h6,8H,5,7H2,1-4H3,(H,17,18,19). The first kappa shape index (κ1) is 14.6. The fourth-order valence-electron chi connectivity index (χ4n) is 2.49. The number of aromatic nitrogens is 3. The number of nitrogens with one attached hydrogen (secondary N) is 1. The van der Waals surface area contributed by atoms with E-state index in [2.05, 4.69) is 42.6 Å². The minimum absolute atomic E-state index is 0.301. The summed E-state index contributed by atoms with van der Waals surface area (Å²) in [5.74, 6) is 1.50. The van der Waals surface area contributed by atoms with Gasteiger partial charge < -0.3 is 4.98 Å². The maximum absolute atomic E-state index is 5.95. The van der Waals surface area contributed by atoms with E-state index in [-0.39, 0.29) is 0 Å². The highest BCUT2D eigenvalue weighted by molar-refractivity contribution is 6.41. The van der Waals surface area contributed by atoms with E-state index >= 15 is 0 Å². The van der Waals surface area contributed by atoms with Crippen LogP contribution in [-0.2, 0) is 6.42 Å². The molecule has 2 heterocycles. The van der Waals surface area contributed by atoms with Gasteiger partial charge in [0.2, 0.25) is 0 Å². The number of fused-ring (bicyclic) bond motifs is 1. The van der Waals surface area contributed by atoms with E-state index in [0.717, 1.165) is 24.2 Å². The fraction of sp³-hybridized carbons (Fsp3) is 0.571. The van der Waals surface area contributed by atoms with E-state index in [9.17, 15) is 0 Å². The summed E-state index contributed by atoms with van der Waals surface area (Å²) in [5, 5.41) is 0.752. The lowest BCUT2D eigenvalue weighted by molar-refractivity contribution is 0.304. The summed E-state index contributed by atoms with van der Waals surface area (Å²) in [6.07, 6.45) is 2.06. The highest BCUT2D eigenvalue weighted by Crippen LogP contribution is 2.27. The zero-order valence-corrected chi connectivity index (χ0v) is 13.2. The van der Waals surface area contributed by atoms with Crippen LogP contribution in [0.2, 0.25) is 10.2 Å². The van der Waals surface area contributed by atoms with Crippen molar-refractivity contribution in [1.82, 2.24) is 15.0 Å². The van der Waals surface area contributed by atoms with E-state index < -0.39 is 0 Å². The number of pyridine rings is 1. The molecule has 0 aliphatic carbocycles. The lowest BCUT2D eigenvalue weighted by atomic mass is 9.84. The van der Waals surface area contributed by atoms with E-state index in [4.69, 9.17) is 23.2 Å². The van der Waals surface area contributed by atoms with Crippen LogP contribution in [0.15, 0.2) is 6.07 Å². The van der Waals surface area contributed by atoms with Gasteiger partial charge >= 0.3 is 0 Å². The van der Waals surface area contributed by atoms with E-state index in [1.165, 1.54) is 0 Å². The zero-order chi connectivity index (χ0) is 14.2. The molecule has 1 atom stereocenters. The lowest BCUT2D eigenvalue weighted by Crippen LogP contribution is -2.13. The van der Waals surface area contributed by atoms with Gasteiger partial charge in [-0.2, -0.15) is 0 Å². The quantitative estimate of drug-likeness (QED) is 0.821. The third-order valence-electron chi connectivity index (χ3n) is 2.94. The summed E-state index contributed by atoms with van der Waals surface area (Å²) in [6.45, 7) is 9.00. The van der Waals surface area contributed by atoms with Crippen LogP contribution in [-0.4, -0.2) is 15.0 Å². The number of aromatic amines is 1. The molecule has 2 aromatic rings. The van der Waals surface area contributed by atoms with Gasteiger partial charge in [-0.1, -0.05) is 50.9 Å². The van der Waals surface area contributed by atoms with Crippen molar-refractivity contribution in [2.45, 2.75) is 40.5 Å². The number of hydrogen-bond acceptors (Lipinski definition) is 2. The molecule has 19 heavy (non-hydrogen) atoms. The molecule has 5 heteroatoms. The second kappa shape index (κ2) is 5.29. The Bertz CT molecular complexity index is 545. The van der Waals surface area contributed by atoms with Crippen LogP contribution in [0.4, 0.5) is 0 Å². The monoisotopic (exact) mass is 299 g/mol. The summed E-state index contributed by atoms with van der Waals surface area (Å²) in [5.41, 5.74) is 1.80. The van der Waals surface area contributed by atoms with Crippen LogP contribution in [0.25, 0.3) is 11.2 Å². The molecule has 0 amide bonds. The Labute approximate surface area is 123 Å². The molecular formula is C14H19Cl2N3. The third-order valence-corrected chi connectivity index (χ3v) is 3.61. The Morgan fingerprint density at radius 3 is 2.58 bits per heavy atom. The molecule has 1 N–H and O–H groups in total. The number of rotatable bonds is 3. The van der Waals surface area contributed by atoms with Crippen LogP contribution >= 0.6 is 23.2 Å². The number of imidazole rings is 1. The predicted octanol–water partition coefficient (Wildman–Crippen LogP) is 4.88. The summed E-state index contributed by atoms with van der Waals surface area (Å²) < 4.78 is 0. The maximum Gasteiger partial charge on any atom is 0.179 e. The summed E-state index contributed by atoms with van der Waals surface area (Å²) in [6, 6.07) is 1.77. The highest BCUT2D eigenvalue weighted by Gasteiger charge is 2.17. The Kier molecular flexibility index (Phi) is 4.07. The second-order valence-electron chi connectivity index (χ2n) is 6.39. The Morgan fingerprint density at radius 1 is 1.26 bits per heavy atom. The van der Waals surface area contributed by atoms with Gasteiger partial charge in [0.15, 0.2) is 5.65 Å². The smallest absolute Gasteiger partial charge is 0.179 e. The number of H-pyrrole nitrogens is 1. The SMILES string of the molecule is CC(Cc1nc2nc(Cl)c(Cl)cc2[nH]1)CC(C)(C)C. The molecule has 1 unspecified atom stereocenters. The predicted molar refractivity (Wildman–Crippen MR) is 80.8 cm³/mol. The van der Waals surface area contributed by atoms with Crippen LogP contribution < -0.4 is 0 Å². The highest BCUT2D eigenvalue weighted by atomic mass is 35.5. The fourth-order valence-corrected chi connectivity index (χ4v) is 2.78. The summed E-state index contributed by atoms with van der Waals surface area (Å²) >= 11 is 11.8. The third kappa shape index (κ3) is 3.83. The van der Waals surface area contributed by atoms with Crippen LogP contribution in [0.1, 0.15) is 39.9 Å². The molecule has 0 bridgehead atoms. The van der Waals surface area contributed by atoms with Crippen molar-refractivity contribution in [3.05, 3.63) is 22.1 Å². The van der Waals surface area contributed by atoms with E-state index in [0.29, 0.717) is 27.2 Å². The first-order valence-corrected chi connectivity index (χ1v) is 7.21. The number of hydrogen-bond donors (Lipinski definition) is 1. The number of nitrogens with zero attached hydrogens (tertiary/aromatic N) is 2. The normalized spacial score (nSPS) is 14.0. The van der Waals surface area contributed by atoms with Crippen LogP contribution in [0.5, 0.6) is 0 Å². The molecule has 104 valence electrons. The molecule has 0 aliphatic rings. The molecular weight excluding hydrogens is 281 g/mol. The molecule has 0 fully saturated rings. The maximum atomic E-state index is 5.95. The average Bonchev–Trinajstić information content (AvgIpc) is 2.56. The summed E-state index contributed by atoms with van der Waals surface area (Å²) in [7, 11) is 0. The Hall–Kier alpha value is -0.800. The molecule has 0 aromatic carbocycles. The first-order valence-electron chi connectivity index (χ1n) is 6.45. The topological polar surface area (TPSA) is 41.6 Å². The zero-order valence-electron chi connectivity index (χ0n) is 11.7. The molecule has 0 radical (unpaired) electrons. The van der Waals surface area contributed by atoms with Crippen molar-refractivity contribution in [3.8, 4) is 0 Å². The first-order chi connectivity index (χ1) is 8.74. The second-order valence-corrected chi connectivity index (χ2v) is 7.15. The van der Waals surface area contributed by atoms with Crippen LogP contribution in [0.3, 0.4) is 0 Å². The molecule has 0 aliphatic heterocycles. The van der Waals surface area contributed by atoms with Crippen molar-refractivity contribution < 1.29 is 0 Å². The minimum atomic E-state index is 0.301. The lowest BCUT2D eigenvalue weighted by Gasteiger charge is -2.22. The Balaban J connectivity index is 2.18. The van der Waals surface area contributed by atoms with Crippen molar-refractivity contribution >= 4 is 34.4 Å². The summed E-state index contributed by atoms with van der Waals surface area (Å²) in [4.78, 5) is 11.9. The van der Waals surface area contributed by atoms with Gasteiger partial charge in [-0.3, -0.25) is 0 Å². The molecule has 0 saturated heterocycles. The van der Waals surface area contributed by atoms with E-state index in [1.807, 2.05) is 0 Å². The molecule has 3 nitrogen and oxygen atoms in total. The van der Waals surface area contributed by atoms with Gasteiger partial charge in [-0.15, -0.1) is 0 Å². The van der Waals surface area contributed by atoms with Crippen molar-refractivity contribution in [2.24, 2.45) is 11.3 Å². The molecule has 0 saturated carbocycles. The van der Waals surface area contributed by atoms with Crippen LogP contribution in [0, 0.1) is 11.3 Å². The molecule has 2 rings (SSSR count). The van der Waals surface area contributed by atoms with Gasteiger partial charge in [0, 0.05) is 6.42 Å². The van der Waals surface area contributed by atoms with Gasteiger partial charge in [-0.05, 0) is 23.8 Å². The van der Waals surface area contributed by atoms with Crippen molar-refractivity contribution in [3.63, 3.8) is 0 Å². The van der Waals surface area contributed by atoms with E-state index in [1.54, 1.807) is 6.07 Å².